The number of hydrogen-bond donors (Lipinski definition) is 7. The number of carbonyl (C=O) groups is 6. The lowest BCUT2D eigenvalue weighted by molar-refractivity contribution is -0.195. The molecule has 7 N–H and O–H groups in total. The number of amides is 2. The molecule has 0 bridgehead atoms. The Morgan fingerprint density at radius 2 is 0.918 bits per heavy atom. The molecule has 2 aromatic rings. The Morgan fingerprint density at radius 1 is 0.553 bits per heavy atom. The van der Waals surface area contributed by atoms with Crippen LogP contribution in [0.5, 0.6) is 11.5 Å². The molecule has 4 radical (unpaired) electrons. The van der Waals surface area contributed by atoms with E-state index in [0.717, 1.165) is 0 Å². The van der Waals surface area contributed by atoms with Crippen molar-refractivity contribution in [3.8, 4) is 11.5 Å². The number of carboxylic acid groups (broad SMARTS) is 2. The second-order valence-electron chi connectivity index (χ2n) is 25.7. The number of aliphatic carboxylic acids is 2. The summed E-state index contributed by atoms with van der Waals surface area (Å²) in [7, 11) is 10.4. The first kappa shape index (κ1) is 72.1. The van der Waals surface area contributed by atoms with Crippen LogP contribution in [-0.2, 0) is 56.0 Å². The number of carbonyl (C=O) groups excluding carboxylic acids is 4. The number of nitrogens with one attached hydrogen (secondary N) is 2. The second-order valence-corrected chi connectivity index (χ2v) is 25.7. The van der Waals surface area contributed by atoms with Crippen LogP contribution in [0.4, 0.5) is 9.59 Å². The molecule has 472 valence electrons. The van der Waals surface area contributed by atoms with Crippen molar-refractivity contribution in [1.82, 2.24) is 15.5 Å². The lowest BCUT2D eigenvalue weighted by Gasteiger charge is -2.42. The number of rotatable bonds is 35. The third-order valence-electron chi connectivity index (χ3n) is 15.0. The molecule has 2 fully saturated rings. The number of ether oxygens (including phenoxy) is 9. The molecule has 2 amide bonds. The summed E-state index contributed by atoms with van der Waals surface area (Å²) in [6.07, 6.45) is -4.15. The molecule has 0 spiro atoms. The van der Waals surface area contributed by atoms with Crippen molar-refractivity contribution in [3.05, 3.63) is 58.7 Å². The van der Waals surface area contributed by atoms with Crippen molar-refractivity contribution in [2.45, 2.75) is 231 Å². The highest BCUT2D eigenvalue weighted by Crippen LogP contribution is 2.32. The first-order chi connectivity index (χ1) is 39.4. The van der Waals surface area contributed by atoms with Crippen molar-refractivity contribution in [2.24, 2.45) is 0 Å². The van der Waals surface area contributed by atoms with Gasteiger partial charge in [-0.25, -0.2) is 9.59 Å². The summed E-state index contributed by atoms with van der Waals surface area (Å²) >= 11 is 0. The van der Waals surface area contributed by atoms with Crippen molar-refractivity contribution in [2.75, 3.05) is 39.5 Å². The first-order valence-electron chi connectivity index (χ1n) is 28.9. The number of aliphatic hydroxyl groups excluding tert-OH is 3. The van der Waals surface area contributed by atoms with E-state index in [1.807, 2.05) is 69.2 Å². The van der Waals surface area contributed by atoms with Crippen LogP contribution < -0.4 is 20.1 Å². The number of nitrogens with zero attached hydrogens (tertiary/aromatic N) is 1. The molecule has 6 atom stereocenters. The number of benzene rings is 2. The highest BCUT2D eigenvalue weighted by Gasteiger charge is 2.38. The van der Waals surface area contributed by atoms with Gasteiger partial charge < -0.3 is 78.8 Å². The summed E-state index contributed by atoms with van der Waals surface area (Å²) in [6.45, 7) is 25.4. The van der Waals surface area contributed by atoms with E-state index in [2.05, 4.69) is 29.4 Å². The minimum Gasteiger partial charge on any atom is -0.479 e. The molecule has 2 aliphatic rings. The highest BCUT2D eigenvalue weighted by molar-refractivity contribution is 6.55. The van der Waals surface area contributed by atoms with Gasteiger partial charge in [0.25, 0.3) is 11.8 Å². The minimum atomic E-state index is -1.31. The Labute approximate surface area is 502 Å². The van der Waals surface area contributed by atoms with Crippen molar-refractivity contribution >= 4 is 51.2 Å². The molecule has 4 rings (SSSR count). The van der Waals surface area contributed by atoms with Gasteiger partial charge in [-0.2, -0.15) is 0 Å². The van der Waals surface area contributed by atoms with Gasteiger partial charge in [-0.3, -0.25) is 24.1 Å². The van der Waals surface area contributed by atoms with E-state index in [9.17, 15) is 54.3 Å². The van der Waals surface area contributed by atoms with Crippen LogP contribution in [0.25, 0.3) is 0 Å². The van der Waals surface area contributed by atoms with Gasteiger partial charge in [-0.05, 0) is 157 Å². The minimum absolute atomic E-state index is 0.000547. The van der Waals surface area contributed by atoms with E-state index in [4.69, 9.17) is 58.3 Å². The zero-order valence-electron chi connectivity index (χ0n) is 51.6. The maximum Gasteiger partial charge on any atom is 0.333 e. The van der Waals surface area contributed by atoms with Gasteiger partial charge in [0.15, 0.2) is 12.2 Å². The molecule has 6 unspecified atom stereocenters. The predicted molar refractivity (Wildman–Crippen MR) is 313 cm³/mol. The zero-order valence-corrected chi connectivity index (χ0v) is 51.6. The molecule has 25 heteroatoms. The third kappa shape index (κ3) is 25.5. The Hall–Kier alpha value is -5.37. The molecule has 2 aliphatic heterocycles. The average Bonchev–Trinajstić information content (AvgIpc) is 2.80. The SMILES string of the molecule is [B]C(=O)OCc1ccc(OC2CC(O)CC(C(=O)O)O2)c(C(=O)NC(C)(C)CCOC(C)(C)CCN(CCC(C)(C)OCCC(C)(C)NC(=O)c2cc(COC([B])=O)ccc2OC2CC(O)CC(C(=O)O)O2)C(C)(C)CCOC(C)(C)CCO)c1. The van der Waals surface area contributed by atoms with Gasteiger partial charge in [0.2, 0.25) is 40.0 Å². The van der Waals surface area contributed by atoms with E-state index in [-0.39, 0.29) is 86.9 Å². The fourth-order valence-corrected chi connectivity index (χ4v) is 9.46. The molecule has 23 nitrogen and oxygen atoms in total. The van der Waals surface area contributed by atoms with Crippen LogP contribution in [0, 0.1) is 0 Å². The van der Waals surface area contributed by atoms with Crippen LogP contribution in [0.15, 0.2) is 36.4 Å². The van der Waals surface area contributed by atoms with Crippen LogP contribution >= 0.6 is 0 Å². The summed E-state index contributed by atoms with van der Waals surface area (Å²) in [5.41, 5.74) is -2.87. The van der Waals surface area contributed by atoms with Crippen molar-refractivity contribution in [1.29, 1.82) is 0 Å². The molecule has 85 heavy (non-hydrogen) atoms. The Kier molecular flexibility index (Phi) is 26.7. The second kappa shape index (κ2) is 31.5. The summed E-state index contributed by atoms with van der Waals surface area (Å²) in [5, 5.41) is 55.6. The summed E-state index contributed by atoms with van der Waals surface area (Å²) < 4.78 is 52.4. The van der Waals surface area contributed by atoms with Crippen LogP contribution in [0.2, 0.25) is 0 Å². The quantitative estimate of drug-likeness (QED) is 0.0364. The average molecular weight is 1200 g/mol. The largest absolute Gasteiger partial charge is 0.479 e. The smallest absolute Gasteiger partial charge is 0.333 e. The van der Waals surface area contributed by atoms with E-state index in [0.29, 0.717) is 69.3 Å². The van der Waals surface area contributed by atoms with Crippen LogP contribution in [-0.4, -0.2) is 192 Å². The standard InChI is InChI=1S/C60H91B2N3O20/c1-55(2,63-49(69)41-29-37(35-77-53(61)75)13-15-43(41)82-47-33-39(67)31-45(84-47)51(71)72)20-26-79-58(7,8)17-23-65(57(5,6)22-28-81-60(11,12)19-25-66)24-18-59(9,10)80-27-21-56(3,4)64-50(70)42-30-38(36-78-54(62)76)14-16-44(42)83-48-34-40(68)32-46(85-48)52(73)74/h13-16,29-30,39-40,45-48,66-68H,17-28,31-36H2,1-12H3,(H,63,69)(H,64,70)(H,71,72)(H,73,74). The Bertz CT molecular complexity index is 2410. The molecular formula is C60H91B2N3O20. The fraction of sp³-hybridized carbons (Fsp3) is 0.700. The maximum absolute atomic E-state index is 14.1. The first-order valence-corrected chi connectivity index (χ1v) is 28.9. The summed E-state index contributed by atoms with van der Waals surface area (Å²) in [6, 6.07) is 9.00. The van der Waals surface area contributed by atoms with Gasteiger partial charge in [0, 0.05) is 81.8 Å². The topological polar surface area (TPSA) is 314 Å². The Balaban J connectivity index is 1.41. The lowest BCUT2D eigenvalue weighted by Crippen LogP contribution is -2.49. The predicted octanol–water partition coefficient (Wildman–Crippen LogP) is 6.47. The molecular weight excluding hydrogens is 1100 g/mol. The number of hydrogen-bond acceptors (Lipinski definition) is 19. The lowest BCUT2D eigenvalue weighted by atomic mass is 9.94. The third-order valence-corrected chi connectivity index (χ3v) is 15.0. The van der Waals surface area contributed by atoms with Crippen LogP contribution in [0.1, 0.15) is 179 Å². The van der Waals surface area contributed by atoms with Gasteiger partial charge in [-0.1, -0.05) is 12.1 Å². The van der Waals surface area contributed by atoms with E-state index < -0.39 is 100 Å². The van der Waals surface area contributed by atoms with Gasteiger partial charge in [0.1, 0.15) is 24.7 Å². The van der Waals surface area contributed by atoms with E-state index in [1.54, 1.807) is 12.1 Å². The Morgan fingerprint density at radius 3 is 1.27 bits per heavy atom. The molecule has 0 aromatic heterocycles. The maximum atomic E-state index is 14.1. The monoisotopic (exact) mass is 1200 g/mol. The molecule has 2 heterocycles. The molecule has 2 saturated heterocycles. The van der Waals surface area contributed by atoms with Gasteiger partial charge in [-0.15, -0.1) is 0 Å². The zero-order chi connectivity index (χ0) is 63.7. The highest BCUT2D eigenvalue weighted by atomic mass is 16.7. The summed E-state index contributed by atoms with van der Waals surface area (Å²) in [5.74, 6) is -5.51. The molecule has 0 saturated carbocycles. The number of carboxylic acids is 2. The van der Waals surface area contributed by atoms with Crippen molar-refractivity contribution < 1.29 is 96.9 Å². The van der Waals surface area contributed by atoms with E-state index >= 15 is 0 Å². The van der Waals surface area contributed by atoms with Gasteiger partial charge in [0.05, 0.1) is 40.1 Å². The molecule has 0 aliphatic carbocycles. The fourth-order valence-electron chi connectivity index (χ4n) is 9.46. The van der Waals surface area contributed by atoms with Gasteiger partial charge >= 0.3 is 11.9 Å². The summed E-state index contributed by atoms with van der Waals surface area (Å²) in [4.78, 5) is 76.8. The normalized spacial score (nSPS) is 19.9. The van der Waals surface area contributed by atoms with Crippen LogP contribution in [0.3, 0.4) is 0 Å². The van der Waals surface area contributed by atoms with Crippen molar-refractivity contribution in [3.63, 3.8) is 0 Å². The van der Waals surface area contributed by atoms with E-state index in [1.165, 1.54) is 24.3 Å². The number of aliphatic hydroxyl groups is 3. The molecule has 2 aromatic carbocycles.